The van der Waals surface area contributed by atoms with Gasteiger partial charge in [0.05, 0.1) is 12.7 Å². The van der Waals surface area contributed by atoms with Crippen molar-refractivity contribution in [3.05, 3.63) is 35.1 Å². The van der Waals surface area contributed by atoms with Gasteiger partial charge in [0.1, 0.15) is 5.82 Å². The van der Waals surface area contributed by atoms with Crippen molar-refractivity contribution in [2.24, 2.45) is 5.92 Å². The van der Waals surface area contributed by atoms with Crippen LogP contribution in [-0.4, -0.2) is 0 Å². The van der Waals surface area contributed by atoms with Crippen molar-refractivity contribution < 1.29 is 9.13 Å². The molecule has 0 bridgehead atoms. The van der Waals surface area contributed by atoms with Crippen LogP contribution in [0.15, 0.2) is 18.2 Å². The maximum atomic E-state index is 13.0. The molecule has 0 amide bonds. The minimum atomic E-state index is -0.149. The van der Waals surface area contributed by atoms with E-state index in [9.17, 15) is 4.39 Å². The van der Waals surface area contributed by atoms with E-state index in [1.54, 1.807) is 12.1 Å². The molecule has 1 unspecified atom stereocenters. The van der Waals surface area contributed by atoms with Gasteiger partial charge in [0.15, 0.2) is 0 Å². The maximum Gasteiger partial charge on any atom is 0.123 e. The van der Waals surface area contributed by atoms with Crippen LogP contribution in [0.2, 0.25) is 0 Å². The van der Waals surface area contributed by atoms with Crippen molar-refractivity contribution in [1.82, 2.24) is 0 Å². The highest BCUT2D eigenvalue weighted by atomic mass is 19.1. The Balaban J connectivity index is 1.90. The summed E-state index contributed by atoms with van der Waals surface area (Å²) >= 11 is 0. The third kappa shape index (κ3) is 1.57. The van der Waals surface area contributed by atoms with Crippen LogP contribution in [0.25, 0.3) is 0 Å². The molecule has 80 valence electrons. The SMILES string of the molecule is Fc1ccc2c(c1)COC2C1CCCC1. The van der Waals surface area contributed by atoms with E-state index in [-0.39, 0.29) is 11.9 Å². The van der Waals surface area contributed by atoms with Crippen LogP contribution in [-0.2, 0) is 11.3 Å². The van der Waals surface area contributed by atoms with E-state index in [2.05, 4.69) is 0 Å². The molecule has 1 atom stereocenters. The van der Waals surface area contributed by atoms with E-state index in [0.29, 0.717) is 12.5 Å². The summed E-state index contributed by atoms with van der Waals surface area (Å²) in [6.07, 6.45) is 5.41. The lowest BCUT2D eigenvalue weighted by Gasteiger charge is -2.18. The quantitative estimate of drug-likeness (QED) is 0.682. The molecule has 0 saturated heterocycles. The van der Waals surface area contributed by atoms with Gasteiger partial charge in [-0.1, -0.05) is 18.9 Å². The predicted octanol–water partition coefficient (Wildman–Crippen LogP) is 3.59. The molecule has 1 aliphatic heterocycles. The fourth-order valence-corrected chi connectivity index (χ4v) is 2.90. The molecule has 0 aromatic heterocycles. The van der Waals surface area contributed by atoms with E-state index in [4.69, 9.17) is 4.74 Å². The van der Waals surface area contributed by atoms with Crippen LogP contribution in [0.5, 0.6) is 0 Å². The zero-order valence-electron chi connectivity index (χ0n) is 8.71. The fourth-order valence-electron chi connectivity index (χ4n) is 2.90. The molecule has 1 heterocycles. The lowest BCUT2D eigenvalue weighted by Crippen LogP contribution is -2.07. The molecule has 0 N–H and O–H groups in total. The van der Waals surface area contributed by atoms with Crippen LogP contribution in [0.1, 0.15) is 42.9 Å². The van der Waals surface area contributed by atoms with Gasteiger partial charge in [-0.15, -0.1) is 0 Å². The molecule has 1 aromatic carbocycles. The number of benzene rings is 1. The molecule has 0 radical (unpaired) electrons. The van der Waals surface area contributed by atoms with Crippen LogP contribution >= 0.6 is 0 Å². The molecule has 0 spiro atoms. The molecule has 15 heavy (non-hydrogen) atoms. The largest absolute Gasteiger partial charge is 0.369 e. The lowest BCUT2D eigenvalue weighted by molar-refractivity contribution is 0.0250. The Labute approximate surface area is 89.3 Å². The van der Waals surface area contributed by atoms with Crippen LogP contribution in [0.3, 0.4) is 0 Å². The van der Waals surface area contributed by atoms with E-state index >= 15 is 0 Å². The second kappa shape index (κ2) is 3.60. The average molecular weight is 206 g/mol. The fraction of sp³-hybridized carbons (Fsp3) is 0.538. The molecule has 1 nitrogen and oxygen atoms in total. The summed E-state index contributed by atoms with van der Waals surface area (Å²) in [4.78, 5) is 0. The Morgan fingerprint density at radius 3 is 2.80 bits per heavy atom. The number of halogens is 1. The molecule has 2 heteroatoms. The Bertz CT molecular complexity index is 369. The van der Waals surface area contributed by atoms with Gasteiger partial charge in [0.25, 0.3) is 0 Å². The van der Waals surface area contributed by atoms with E-state index in [1.165, 1.54) is 31.2 Å². The summed E-state index contributed by atoms with van der Waals surface area (Å²) in [5.74, 6) is 0.515. The first kappa shape index (κ1) is 9.34. The highest BCUT2D eigenvalue weighted by molar-refractivity contribution is 5.32. The number of hydrogen-bond donors (Lipinski definition) is 0. The van der Waals surface area contributed by atoms with Crippen molar-refractivity contribution in [2.45, 2.75) is 38.4 Å². The zero-order chi connectivity index (χ0) is 10.3. The summed E-state index contributed by atoms with van der Waals surface area (Å²) in [6, 6.07) is 5.07. The second-order valence-corrected chi connectivity index (χ2v) is 4.62. The highest BCUT2D eigenvalue weighted by Crippen LogP contribution is 2.43. The van der Waals surface area contributed by atoms with Crippen LogP contribution in [0, 0.1) is 11.7 Å². The predicted molar refractivity (Wildman–Crippen MR) is 55.9 cm³/mol. The van der Waals surface area contributed by atoms with Crippen molar-refractivity contribution in [3.63, 3.8) is 0 Å². The number of hydrogen-bond acceptors (Lipinski definition) is 1. The monoisotopic (exact) mass is 206 g/mol. The first-order valence-electron chi connectivity index (χ1n) is 5.74. The zero-order valence-corrected chi connectivity index (χ0v) is 8.71. The Morgan fingerprint density at radius 2 is 2.00 bits per heavy atom. The van der Waals surface area contributed by atoms with Crippen molar-refractivity contribution in [2.75, 3.05) is 0 Å². The lowest BCUT2D eigenvalue weighted by atomic mass is 9.93. The van der Waals surface area contributed by atoms with Crippen molar-refractivity contribution >= 4 is 0 Å². The van der Waals surface area contributed by atoms with Crippen molar-refractivity contribution in [3.8, 4) is 0 Å². The Kier molecular flexibility index (Phi) is 2.24. The molecule has 1 aliphatic carbocycles. The summed E-state index contributed by atoms with van der Waals surface area (Å²) in [5, 5.41) is 0. The molecule has 2 aliphatic rings. The molecule has 3 rings (SSSR count). The van der Waals surface area contributed by atoms with Gasteiger partial charge in [0.2, 0.25) is 0 Å². The second-order valence-electron chi connectivity index (χ2n) is 4.62. The summed E-state index contributed by atoms with van der Waals surface area (Å²) in [7, 11) is 0. The van der Waals surface area contributed by atoms with Gasteiger partial charge in [-0.2, -0.15) is 0 Å². The van der Waals surface area contributed by atoms with E-state index in [1.807, 2.05) is 6.07 Å². The van der Waals surface area contributed by atoms with Gasteiger partial charge in [-0.25, -0.2) is 4.39 Å². The summed E-state index contributed by atoms with van der Waals surface area (Å²) < 4.78 is 18.8. The number of rotatable bonds is 1. The van der Waals surface area contributed by atoms with Gasteiger partial charge in [-0.3, -0.25) is 0 Å². The molecule has 1 saturated carbocycles. The van der Waals surface area contributed by atoms with E-state index in [0.717, 1.165) is 5.56 Å². The third-order valence-electron chi connectivity index (χ3n) is 3.66. The molecular weight excluding hydrogens is 191 g/mol. The first-order valence-corrected chi connectivity index (χ1v) is 5.74. The molecule has 1 aromatic rings. The average Bonchev–Trinajstić information content (AvgIpc) is 2.82. The normalized spacial score (nSPS) is 25.8. The summed E-state index contributed by atoms with van der Waals surface area (Å²) in [5.41, 5.74) is 2.27. The van der Waals surface area contributed by atoms with Crippen LogP contribution < -0.4 is 0 Å². The van der Waals surface area contributed by atoms with Gasteiger partial charge in [0, 0.05) is 0 Å². The number of ether oxygens (including phenoxy) is 1. The highest BCUT2D eigenvalue weighted by Gasteiger charge is 2.32. The smallest absolute Gasteiger partial charge is 0.123 e. The van der Waals surface area contributed by atoms with Gasteiger partial charge >= 0.3 is 0 Å². The first-order chi connectivity index (χ1) is 7.34. The third-order valence-corrected chi connectivity index (χ3v) is 3.66. The minimum absolute atomic E-state index is 0.149. The topological polar surface area (TPSA) is 9.23 Å². The standard InChI is InChI=1S/C13H15FO/c14-11-5-6-12-10(7-11)8-15-13(12)9-3-1-2-4-9/h5-7,9,13H,1-4,8H2. The maximum absolute atomic E-state index is 13.0. The molecular formula is C13H15FO. The Morgan fingerprint density at radius 1 is 1.20 bits per heavy atom. The number of fused-ring (bicyclic) bond motifs is 1. The van der Waals surface area contributed by atoms with Gasteiger partial charge in [-0.05, 0) is 42.0 Å². The minimum Gasteiger partial charge on any atom is -0.369 e. The van der Waals surface area contributed by atoms with Crippen LogP contribution in [0.4, 0.5) is 4.39 Å². The van der Waals surface area contributed by atoms with Gasteiger partial charge < -0.3 is 4.74 Å². The molecule has 1 fully saturated rings. The Hall–Kier alpha value is -0.890. The van der Waals surface area contributed by atoms with E-state index < -0.39 is 0 Å². The summed E-state index contributed by atoms with van der Waals surface area (Å²) in [6.45, 7) is 0.592. The van der Waals surface area contributed by atoms with Crippen molar-refractivity contribution in [1.29, 1.82) is 0 Å².